The number of carboxylic acids is 1. The predicted molar refractivity (Wildman–Crippen MR) is 194 cm³/mol. The van der Waals surface area contributed by atoms with E-state index in [4.69, 9.17) is 4.74 Å². The summed E-state index contributed by atoms with van der Waals surface area (Å²) < 4.78 is 6.18. The molecule has 5 aliphatic carbocycles. The highest BCUT2D eigenvalue weighted by molar-refractivity contribution is 5.81. The highest BCUT2D eigenvalue weighted by Gasteiger charge is 2.71. The lowest BCUT2D eigenvalue weighted by Gasteiger charge is -2.73. The average Bonchev–Trinajstić information content (AvgIpc) is 3.38. The van der Waals surface area contributed by atoms with E-state index >= 15 is 0 Å². The van der Waals surface area contributed by atoms with Crippen LogP contribution in [-0.2, 0) is 19.1 Å². The Bertz CT molecular complexity index is 1330. The molecule has 10 atom stereocenters. The van der Waals surface area contributed by atoms with Crippen LogP contribution in [0.4, 0.5) is 0 Å². The molecule has 1 saturated heterocycles. The zero-order valence-corrected chi connectivity index (χ0v) is 32.1. The lowest BCUT2D eigenvalue weighted by atomic mass is 9.32. The predicted octanol–water partition coefficient (Wildman–Crippen LogP) is 8.32. The number of carbonyl (C=O) groups excluding carboxylic acids is 2. The van der Waals surface area contributed by atoms with Crippen LogP contribution in [0.5, 0.6) is 0 Å². The van der Waals surface area contributed by atoms with Gasteiger partial charge < -0.3 is 20.5 Å². The first-order chi connectivity index (χ1) is 22.8. The van der Waals surface area contributed by atoms with Gasteiger partial charge in [0.15, 0.2) is 0 Å². The van der Waals surface area contributed by atoms with E-state index in [2.05, 4.69) is 58.8 Å². The molecule has 1 aliphatic heterocycles. The molecular weight excluding hydrogens is 612 g/mol. The molecule has 1 heterocycles. The fourth-order valence-electron chi connectivity index (χ4n) is 14.0. The van der Waals surface area contributed by atoms with Gasteiger partial charge in [-0.2, -0.15) is 0 Å². The normalized spacial score (nSPS) is 43.3. The van der Waals surface area contributed by atoms with Crippen molar-refractivity contribution >= 4 is 17.8 Å². The molecule has 7 nitrogen and oxygen atoms in total. The summed E-state index contributed by atoms with van der Waals surface area (Å²) in [6.45, 7) is 24.5. The number of esters is 1. The highest BCUT2D eigenvalue weighted by atomic mass is 16.5. The van der Waals surface area contributed by atoms with Crippen molar-refractivity contribution in [2.45, 2.75) is 157 Å². The first kappa shape index (κ1) is 36.9. The molecule has 49 heavy (non-hydrogen) atoms. The Morgan fingerprint density at radius 1 is 0.857 bits per heavy atom. The van der Waals surface area contributed by atoms with Gasteiger partial charge >= 0.3 is 11.9 Å². The lowest BCUT2D eigenvalue weighted by molar-refractivity contribution is -0.250. The number of rotatable bonds is 8. The van der Waals surface area contributed by atoms with Gasteiger partial charge in [0.25, 0.3) is 0 Å². The molecular formula is C42H68N2O5. The summed E-state index contributed by atoms with van der Waals surface area (Å²) in [5.74, 6) is 1.58. The molecule has 3 N–H and O–H groups in total. The molecule has 7 heteroatoms. The van der Waals surface area contributed by atoms with E-state index in [1.54, 1.807) is 13.8 Å². The number of ether oxygens (including phenoxy) is 1. The van der Waals surface area contributed by atoms with Crippen LogP contribution in [0.1, 0.15) is 145 Å². The minimum atomic E-state index is -1.14. The standard InChI is InChI=1S/C42H68N2O5/c1-26(2)28-12-19-42(24-33(45)44-27-15-22-43-23-16-27)21-20-40(8)29(35(28)42)10-11-31-39(7)17-14-32(49-34(46)25-37(3,4)36(47)48)38(5,6)30(39)13-18-41(31,40)9/h27-32,35,43H,1,10-25H2,2-9H3,(H,44,45)(H,47,48)/t28-,29+,30?,31?,32-,35+,39-,40+,41+,42+/m0/s1. The second kappa shape index (κ2) is 12.7. The van der Waals surface area contributed by atoms with Crippen LogP contribution in [-0.4, -0.2) is 48.2 Å². The third-order valence-corrected chi connectivity index (χ3v) is 16.8. The van der Waals surface area contributed by atoms with E-state index in [-0.39, 0.29) is 51.5 Å². The molecule has 5 saturated carbocycles. The molecule has 6 rings (SSSR count). The number of nitrogens with one attached hydrogen (secondary N) is 2. The zero-order valence-electron chi connectivity index (χ0n) is 32.1. The molecule has 2 unspecified atom stereocenters. The summed E-state index contributed by atoms with van der Waals surface area (Å²) in [5.41, 5.74) is 0.639. The van der Waals surface area contributed by atoms with Gasteiger partial charge in [-0.05, 0) is 162 Å². The van der Waals surface area contributed by atoms with Gasteiger partial charge in [-0.25, -0.2) is 0 Å². The number of carbonyl (C=O) groups is 3. The largest absolute Gasteiger partial charge is 0.481 e. The molecule has 276 valence electrons. The fraction of sp³-hybridized carbons (Fsp3) is 0.881. The van der Waals surface area contributed by atoms with Gasteiger partial charge in [0.2, 0.25) is 5.91 Å². The van der Waals surface area contributed by atoms with Gasteiger partial charge in [-0.3, -0.25) is 14.4 Å². The van der Waals surface area contributed by atoms with Crippen molar-refractivity contribution in [3.63, 3.8) is 0 Å². The van der Waals surface area contributed by atoms with Gasteiger partial charge in [0, 0.05) is 17.9 Å². The molecule has 0 radical (unpaired) electrons. The topological polar surface area (TPSA) is 105 Å². The van der Waals surface area contributed by atoms with Crippen molar-refractivity contribution in [1.29, 1.82) is 0 Å². The third-order valence-electron chi connectivity index (χ3n) is 16.8. The smallest absolute Gasteiger partial charge is 0.309 e. The van der Waals surface area contributed by atoms with Crippen LogP contribution in [0.3, 0.4) is 0 Å². The van der Waals surface area contributed by atoms with Crippen LogP contribution in [0, 0.1) is 62.1 Å². The second-order valence-electron chi connectivity index (χ2n) is 20.0. The Hall–Kier alpha value is -1.89. The van der Waals surface area contributed by atoms with Gasteiger partial charge in [0.1, 0.15) is 6.10 Å². The molecule has 0 aromatic rings. The Kier molecular flexibility index (Phi) is 9.53. The Balaban J connectivity index is 1.23. The molecule has 6 fully saturated rings. The summed E-state index contributed by atoms with van der Waals surface area (Å²) in [5, 5.41) is 16.5. The minimum Gasteiger partial charge on any atom is -0.481 e. The van der Waals surface area contributed by atoms with Crippen LogP contribution < -0.4 is 10.6 Å². The first-order valence-corrected chi connectivity index (χ1v) is 19.9. The van der Waals surface area contributed by atoms with Gasteiger partial charge in [-0.15, -0.1) is 0 Å². The number of carboxylic acid groups (broad SMARTS) is 1. The number of hydrogen-bond acceptors (Lipinski definition) is 5. The van der Waals surface area contributed by atoms with Crippen LogP contribution in [0.25, 0.3) is 0 Å². The number of fused-ring (bicyclic) bond motifs is 7. The van der Waals surface area contributed by atoms with E-state index in [0.717, 1.165) is 58.0 Å². The SMILES string of the molecule is C=C(C)[C@@H]1CC[C@]2(CC(=O)NC3CCNCC3)CC[C@]3(C)[C@H](CCC4[C@@]5(C)CC[C@H](OC(=O)CC(C)(C)C(=O)O)C(C)(C)C5CC[C@]43C)[C@@H]12. The summed E-state index contributed by atoms with van der Waals surface area (Å²) >= 11 is 0. The van der Waals surface area contributed by atoms with Crippen LogP contribution >= 0.6 is 0 Å². The van der Waals surface area contributed by atoms with E-state index in [9.17, 15) is 19.5 Å². The van der Waals surface area contributed by atoms with Crippen molar-refractivity contribution in [3.05, 3.63) is 12.2 Å². The van der Waals surface area contributed by atoms with Gasteiger partial charge in [-0.1, -0.05) is 46.8 Å². The summed E-state index contributed by atoms with van der Waals surface area (Å²) in [7, 11) is 0. The van der Waals surface area contributed by atoms with Crippen molar-refractivity contribution in [2.24, 2.45) is 62.1 Å². The van der Waals surface area contributed by atoms with Crippen molar-refractivity contribution < 1.29 is 24.2 Å². The van der Waals surface area contributed by atoms with Crippen molar-refractivity contribution in [3.8, 4) is 0 Å². The first-order valence-electron chi connectivity index (χ1n) is 19.9. The maximum Gasteiger partial charge on any atom is 0.309 e. The monoisotopic (exact) mass is 681 g/mol. The third kappa shape index (κ3) is 5.92. The minimum absolute atomic E-state index is 0.0776. The molecule has 0 aromatic carbocycles. The summed E-state index contributed by atoms with van der Waals surface area (Å²) in [6, 6.07) is 0.306. The number of hydrogen-bond donors (Lipinski definition) is 3. The molecule has 1 amide bonds. The summed E-state index contributed by atoms with van der Waals surface area (Å²) in [6.07, 6.45) is 13.8. The maximum atomic E-state index is 13.8. The Morgan fingerprint density at radius 3 is 2.20 bits per heavy atom. The molecule has 6 aliphatic rings. The van der Waals surface area contributed by atoms with Crippen LogP contribution in [0.2, 0.25) is 0 Å². The molecule has 0 bridgehead atoms. The van der Waals surface area contributed by atoms with Crippen molar-refractivity contribution in [2.75, 3.05) is 13.1 Å². The van der Waals surface area contributed by atoms with Crippen molar-refractivity contribution in [1.82, 2.24) is 10.6 Å². The quantitative estimate of drug-likeness (QED) is 0.176. The number of aliphatic carboxylic acids is 1. The summed E-state index contributed by atoms with van der Waals surface area (Å²) in [4.78, 5) is 38.6. The van der Waals surface area contributed by atoms with Gasteiger partial charge in [0.05, 0.1) is 11.8 Å². The number of allylic oxidation sites excluding steroid dienone is 1. The Morgan fingerprint density at radius 2 is 1.55 bits per heavy atom. The van der Waals surface area contributed by atoms with Crippen LogP contribution in [0.15, 0.2) is 12.2 Å². The fourth-order valence-corrected chi connectivity index (χ4v) is 14.0. The molecule has 0 spiro atoms. The number of piperidine rings is 1. The highest BCUT2D eigenvalue weighted by Crippen LogP contribution is 2.78. The van der Waals surface area contributed by atoms with E-state index < -0.39 is 11.4 Å². The lowest BCUT2D eigenvalue weighted by Crippen LogP contribution is -2.67. The van der Waals surface area contributed by atoms with E-state index in [0.29, 0.717) is 42.1 Å². The maximum absolute atomic E-state index is 13.8. The Labute approximate surface area is 296 Å². The average molecular weight is 681 g/mol. The van der Waals surface area contributed by atoms with E-state index in [1.807, 2.05) is 0 Å². The van der Waals surface area contributed by atoms with E-state index in [1.165, 1.54) is 37.7 Å². The second-order valence-corrected chi connectivity index (χ2v) is 20.0. The number of amides is 1. The molecule has 0 aromatic heterocycles. The zero-order chi connectivity index (χ0) is 35.8.